The van der Waals surface area contributed by atoms with Crippen LogP contribution < -0.4 is 5.32 Å². The fourth-order valence-corrected chi connectivity index (χ4v) is 1.58. The molecular formula is C12H26N2O3. The molecule has 0 saturated carbocycles. The number of hydrogen-bond acceptors (Lipinski definition) is 5. The molecular weight excluding hydrogens is 220 g/mol. The summed E-state index contributed by atoms with van der Waals surface area (Å²) in [5.74, 6) is -0.220. The molecule has 1 atom stereocenters. The third-order valence-electron chi connectivity index (χ3n) is 3.17. The summed E-state index contributed by atoms with van der Waals surface area (Å²) < 4.78 is 9.86. The molecule has 0 radical (unpaired) electrons. The van der Waals surface area contributed by atoms with Crippen molar-refractivity contribution in [3.8, 4) is 0 Å². The van der Waals surface area contributed by atoms with Crippen LogP contribution in [0.5, 0.6) is 0 Å². The Morgan fingerprint density at radius 2 is 2.00 bits per heavy atom. The first-order chi connectivity index (χ1) is 8.03. The number of carbonyl (C=O) groups is 1. The average Bonchev–Trinajstić information content (AvgIpc) is 2.37. The Bertz CT molecular complexity index is 224. The van der Waals surface area contributed by atoms with Crippen LogP contribution in [0.2, 0.25) is 0 Å². The lowest BCUT2D eigenvalue weighted by molar-refractivity contribution is -0.148. The smallest absolute Gasteiger partial charge is 0.325 e. The van der Waals surface area contributed by atoms with Crippen molar-refractivity contribution in [3.63, 3.8) is 0 Å². The third-order valence-corrected chi connectivity index (χ3v) is 3.17. The van der Waals surface area contributed by atoms with Crippen molar-refractivity contribution >= 4 is 5.97 Å². The van der Waals surface area contributed by atoms with Crippen molar-refractivity contribution in [3.05, 3.63) is 0 Å². The average molecular weight is 246 g/mol. The highest BCUT2D eigenvalue weighted by atomic mass is 16.5. The largest absolute Gasteiger partial charge is 0.468 e. The van der Waals surface area contributed by atoms with Crippen molar-refractivity contribution < 1.29 is 14.3 Å². The predicted molar refractivity (Wildman–Crippen MR) is 68.1 cm³/mol. The van der Waals surface area contributed by atoms with Gasteiger partial charge in [0.25, 0.3) is 0 Å². The lowest BCUT2D eigenvalue weighted by Gasteiger charge is -2.29. The van der Waals surface area contributed by atoms with E-state index in [4.69, 9.17) is 9.47 Å². The second kappa shape index (κ2) is 8.44. The minimum absolute atomic E-state index is 0.220. The highest BCUT2D eigenvalue weighted by Crippen LogP contribution is 2.12. The molecule has 0 aliphatic carbocycles. The summed E-state index contributed by atoms with van der Waals surface area (Å²) in [4.78, 5) is 13.9. The van der Waals surface area contributed by atoms with Gasteiger partial charge in [-0.1, -0.05) is 6.92 Å². The Hall–Kier alpha value is -0.650. The van der Waals surface area contributed by atoms with E-state index in [2.05, 4.69) is 17.1 Å². The minimum Gasteiger partial charge on any atom is -0.468 e. The standard InChI is InChI=1S/C12H26N2O3/c1-6-14(9-10-16-4)8-7-12(2,13-3)11(15)17-5/h13H,6-10H2,1-5H3. The Morgan fingerprint density at radius 1 is 1.35 bits per heavy atom. The Kier molecular flexibility index (Phi) is 8.12. The topological polar surface area (TPSA) is 50.8 Å². The van der Waals surface area contributed by atoms with E-state index in [1.165, 1.54) is 7.11 Å². The minimum atomic E-state index is -0.616. The summed E-state index contributed by atoms with van der Waals surface area (Å²) in [5.41, 5.74) is -0.616. The van der Waals surface area contributed by atoms with Crippen LogP contribution in [0.1, 0.15) is 20.3 Å². The number of methoxy groups -OCH3 is 2. The van der Waals surface area contributed by atoms with Gasteiger partial charge in [0.1, 0.15) is 5.54 Å². The van der Waals surface area contributed by atoms with Gasteiger partial charge in [-0.15, -0.1) is 0 Å². The zero-order chi connectivity index (χ0) is 13.3. The molecule has 0 saturated heterocycles. The zero-order valence-corrected chi connectivity index (χ0v) is 11.7. The molecule has 17 heavy (non-hydrogen) atoms. The van der Waals surface area contributed by atoms with Crippen molar-refractivity contribution in [1.82, 2.24) is 10.2 Å². The van der Waals surface area contributed by atoms with E-state index in [1.54, 1.807) is 14.2 Å². The first-order valence-electron chi connectivity index (χ1n) is 6.02. The van der Waals surface area contributed by atoms with Gasteiger partial charge in [0.15, 0.2) is 0 Å². The number of ether oxygens (including phenoxy) is 2. The monoisotopic (exact) mass is 246 g/mol. The van der Waals surface area contributed by atoms with Crippen molar-refractivity contribution in [1.29, 1.82) is 0 Å². The number of esters is 1. The molecule has 0 bridgehead atoms. The maximum Gasteiger partial charge on any atom is 0.325 e. The molecule has 5 heteroatoms. The Balaban J connectivity index is 4.23. The SMILES string of the molecule is CCN(CCOC)CCC(C)(NC)C(=O)OC. The third kappa shape index (κ3) is 5.48. The van der Waals surface area contributed by atoms with Gasteiger partial charge in [-0.3, -0.25) is 4.79 Å². The van der Waals surface area contributed by atoms with Gasteiger partial charge >= 0.3 is 5.97 Å². The quantitative estimate of drug-likeness (QED) is 0.600. The first-order valence-corrected chi connectivity index (χ1v) is 6.02. The molecule has 0 spiro atoms. The Labute approximate surface area is 104 Å². The summed E-state index contributed by atoms with van der Waals surface area (Å²) in [7, 11) is 4.89. The van der Waals surface area contributed by atoms with Gasteiger partial charge < -0.3 is 19.7 Å². The van der Waals surface area contributed by atoms with Crippen LogP contribution in [0.25, 0.3) is 0 Å². The maximum absolute atomic E-state index is 11.7. The molecule has 1 N–H and O–H groups in total. The lowest BCUT2D eigenvalue weighted by Crippen LogP contribution is -2.50. The highest BCUT2D eigenvalue weighted by Gasteiger charge is 2.32. The van der Waals surface area contributed by atoms with Crippen molar-refractivity contribution in [2.24, 2.45) is 0 Å². The molecule has 0 rings (SSSR count). The first kappa shape index (κ1) is 16.4. The fourth-order valence-electron chi connectivity index (χ4n) is 1.58. The molecule has 1 unspecified atom stereocenters. The van der Waals surface area contributed by atoms with E-state index >= 15 is 0 Å². The van der Waals surface area contributed by atoms with E-state index in [0.29, 0.717) is 13.0 Å². The number of nitrogens with one attached hydrogen (secondary N) is 1. The fraction of sp³-hybridized carbons (Fsp3) is 0.917. The number of rotatable bonds is 9. The summed E-state index contributed by atoms with van der Waals surface area (Å²) in [5, 5.41) is 3.03. The van der Waals surface area contributed by atoms with Gasteiger partial charge in [-0.2, -0.15) is 0 Å². The van der Waals surface area contributed by atoms with E-state index in [0.717, 1.165) is 19.6 Å². The molecule has 0 aromatic rings. The van der Waals surface area contributed by atoms with Crippen LogP contribution >= 0.6 is 0 Å². The molecule has 0 aromatic heterocycles. The van der Waals surface area contributed by atoms with E-state index in [1.807, 2.05) is 6.92 Å². The molecule has 0 aliphatic heterocycles. The molecule has 0 heterocycles. The van der Waals surface area contributed by atoms with Crippen LogP contribution in [-0.2, 0) is 14.3 Å². The second-order valence-corrected chi connectivity index (χ2v) is 4.25. The van der Waals surface area contributed by atoms with Crippen molar-refractivity contribution in [2.75, 3.05) is 47.5 Å². The molecule has 0 fully saturated rings. The number of carbonyl (C=O) groups excluding carboxylic acids is 1. The summed E-state index contributed by atoms with van der Waals surface area (Å²) in [6.07, 6.45) is 0.716. The zero-order valence-electron chi connectivity index (χ0n) is 11.7. The normalized spacial score (nSPS) is 14.7. The van der Waals surface area contributed by atoms with Gasteiger partial charge in [-0.05, 0) is 26.9 Å². The van der Waals surface area contributed by atoms with Crippen LogP contribution in [0.3, 0.4) is 0 Å². The summed E-state index contributed by atoms with van der Waals surface area (Å²) in [6, 6.07) is 0. The summed E-state index contributed by atoms with van der Waals surface area (Å²) in [6.45, 7) is 7.35. The number of likely N-dealkylation sites (N-methyl/N-ethyl adjacent to an activating group) is 2. The van der Waals surface area contributed by atoms with Crippen LogP contribution in [0, 0.1) is 0 Å². The highest BCUT2D eigenvalue weighted by molar-refractivity contribution is 5.80. The van der Waals surface area contributed by atoms with Crippen LogP contribution in [-0.4, -0.2) is 63.9 Å². The van der Waals surface area contributed by atoms with E-state index in [9.17, 15) is 4.79 Å². The van der Waals surface area contributed by atoms with E-state index in [-0.39, 0.29) is 5.97 Å². The lowest BCUT2D eigenvalue weighted by atomic mass is 9.98. The number of hydrogen-bond donors (Lipinski definition) is 1. The molecule has 5 nitrogen and oxygen atoms in total. The van der Waals surface area contributed by atoms with Crippen LogP contribution in [0.4, 0.5) is 0 Å². The molecule has 102 valence electrons. The maximum atomic E-state index is 11.7. The molecule has 0 amide bonds. The van der Waals surface area contributed by atoms with Crippen molar-refractivity contribution in [2.45, 2.75) is 25.8 Å². The van der Waals surface area contributed by atoms with Crippen LogP contribution in [0.15, 0.2) is 0 Å². The number of nitrogens with zero attached hydrogens (tertiary/aromatic N) is 1. The molecule has 0 aliphatic rings. The molecule has 0 aromatic carbocycles. The Morgan fingerprint density at radius 3 is 2.41 bits per heavy atom. The van der Waals surface area contributed by atoms with E-state index < -0.39 is 5.54 Å². The van der Waals surface area contributed by atoms with Gasteiger partial charge in [0.2, 0.25) is 0 Å². The second-order valence-electron chi connectivity index (χ2n) is 4.25. The van der Waals surface area contributed by atoms with Gasteiger partial charge in [-0.25, -0.2) is 0 Å². The van der Waals surface area contributed by atoms with Gasteiger partial charge in [0, 0.05) is 20.2 Å². The summed E-state index contributed by atoms with van der Waals surface area (Å²) >= 11 is 0. The predicted octanol–water partition coefficient (Wildman–Crippen LogP) is 0.496. The van der Waals surface area contributed by atoms with Gasteiger partial charge in [0.05, 0.1) is 13.7 Å².